The molecule has 1 amide bonds. The highest BCUT2D eigenvalue weighted by molar-refractivity contribution is 5.76. The Morgan fingerprint density at radius 1 is 1.24 bits per heavy atom. The molecule has 0 aliphatic carbocycles. The van der Waals surface area contributed by atoms with Gasteiger partial charge in [0, 0.05) is 38.7 Å². The highest BCUT2D eigenvalue weighted by atomic mass is 16.1. The first-order chi connectivity index (χ1) is 12.0. The lowest BCUT2D eigenvalue weighted by Gasteiger charge is -2.34. The number of nitrogens with zero attached hydrogens (tertiary/aromatic N) is 4. The van der Waals surface area contributed by atoms with Gasteiger partial charge in [0.2, 0.25) is 5.91 Å². The predicted octanol–water partition coefficient (Wildman–Crippen LogP) is 0.597. The summed E-state index contributed by atoms with van der Waals surface area (Å²) in [6, 6.07) is 1.96. The lowest BCUT2D eigenvalue weighted by Crippen LogP contribution is -2.45. The number of aryl methyl sites for hydroxylation is 1. The zero-order valence-corrected chi connectivity index (χ0v) is 15.3. The van der Waals surface area contributed by atoms with Crippen LogP contribution in [0.5, 0.6) is 0 Å². The van der Waals surface area contributed by atoms with E-state index in [1.807, 2.05) is 0 Å². The Balaban J connectivity index is 1.51. The van der Waals surface area contributed by atoms with E-state index >= 15 is 0 Å². The van der Waals surface area contributed by atoms with Crippen molar-refractivity contribution in [2.45, 2.75) is 38.1 Å². The maximum atomic E-state index is 12.4. The molecule has 1 N–H and O–H groups in total. The number of likely N-dealkylation sites (tertiary alicyclic amines) is 1. The van der Waals surface area contributed by atoms with Gasteiger partial charge in [-0.2, -0.15) is 5.10 Å². The van der Waals surface area contributed by atoms with Crippen LogP contribution >= 0.6 is 0 Å². The van der Waals surface area contributed by atoms with Crippen LogP contribution < -0.4 is 15.8 Å². The third kappa shape index (κ3) is 4.81. The molecule has 25 heavy (non-hydrogen) atoms. The Morgan fingerprint density at radius 3 is 2.72 bits per heavy atom. The monoisotopic (exact) mass is 347 g/mol. The summed E-state index contributed by atoms with van der Waals surface area (Å²) >= 11 is 0. The zero-order valence-electron chi connectivity index (χ0n) is 15.3. The Hall–Kier alpha value is -1.89. The van der Waals surface area contributed by atoms with Gasteiger partial charge in [-0.25, -0.2) is 4.68 Å². The molecule has 0 spiro atoms. The van der Waals surface area contributed by atoms with Crippen molar-refractivity contribution in [3.63, 3.8) is 0 Å². The summed E-state index contributed by atoms with van der Waals surface area (Å²) in [5.41, 5.74) is 0.767. The van der Waals surface area contributed by atoms with Gasteiger partial charge in [0.15, 0.2) is 0 Å². The van der Waals surface area contributed by atoms with E-state index in [1.54, 1.807) is 19.3 Å². The van der Waals surface area contributed by atoms with Crippen molar-refractivity contribution in [1.82, 2.24) is 20.0 Å². The van der Waals surface area contributed by atoms with E-state index in [-0.39, 0.29) is 11.5 Å². The van der Waals surface area contributed by atoms with Gasteiger partial charge in [0.25, 0.3) is 5.56 Å². The van der Waals surface area contributed by atoms with Crippen LogP contribution in [0.15, 0.2) is 17.1 Å². The zero-order chi connectivity index (χ0) is 17.8. The van der Waals surface area contributed by atoms with Gasteiger partial charge in [-0.15, -0.1) is 0 Å². The van der Waals surface area contributed by atoms with Crippen molar-refractivity contribution in [2.75, 3.05) is 38.1 Å². The van der Waals surface area contributed by atoms with Crippen LogP contribution in [-0.2, 0) is 11.8 Å². The van der Waals surface area contributed by atoms with E-state index in [0.29, 0.717) is 18.4 Å². The molecule has 138 valence electrons. The Labute approximate surface area is 149 Å². The number of hydrogen-bond donors (Lipinski definition) is 1. The van der Waals surface area contributed by atoms with E-state index in [1.165, 1.54) is 4.68 Å². The molecule has 1 atom stereocenters. The fourth-order valence-electron chi connectivity index (χ4n) is 3.80. The topological polar surface area (TPSA) is 70.5 Å². The molecule has 3 rings (SSSR count). The van der Waals surface area contributed by atoms with Crippen LogP contribution in [0.2, 0.25) is 0 Å². The lowest BCUT2D eigenvalue weighted by molar-refractivity contribution is -0.123. The molecule has 2 aliphatic heterocycles. The molecule has 1 aromatic heterocycles. The van der Waals surface area contributed by atoms with Crippen LogP contribution in [0.3, 0.4) is 0 Å². The van der Waals surface area contributed by atoms with E-state index in [9.17, 15) is 9.59 Å². The predicted molar refractivity (Wildman–Crippen MR) is 97.7 cm³/mol. The Kier molecular flexibility index (Phi) is 5.73. The van der Waals surface area contributed by atoms with Gasteiger partial charge in [-0.05, 0) is 51.7 Å². The molecular weight excluding hydrogens is 318 g/mol. The number of hydrogen-bond acceptors (Lipinski definition) is 5. The Morgan fingerprint density at radius 2 is 2.00 bits per heavy atom. The van der Waals surface area contributed by atoms with Crippen LogP contribution in [-0.4, -0.2) is 59.9 Å². The third-order valence-electron chi connectivity index (χ3n) is 5.40. The molecule has 2 fully saturated rings. The number of piperidine rings is 2. The van der Waals surface area contributed by atoms with Gasteiger partial charge in [-0.1, -0.05) is 0 Å². The molecule has 2 aliphatic rings. The van der Waals surface area contributed by atoms with Gasteiger partial charge in [0.1, 0.15) is 0 Å². The number of carbonyl (C=O) groups is 1. The minimum atomic E-state index is -0.0976. The second-order valence-electron chi connectivity index (χ2n) is 7.48. The third-order valence-corrected chi connectivity index (χ3v) is 5.40. The average molecular weight is 347 g/mol. The SMILES string of the molecule is CN1CCC(NC(=O)CC2CCCN(c3cnn(C)c(=O)c3)C2)CC1. The molecular formula is C18H29N5O2. The molecule has 3 heterocycles. The summed E-state index contributed by atoms with van der Waals surface area (Å²) < 4.78 is 1.33. The standard InChI is InChI=1S/C18H29N5O2/c1-21-8-5-15(6-9-21)20-17(24)10-14-4-3-7-23(13-14)16-11-18(25)22(2)19-12-16/h11-12,14-15H,3-10,13H2,1-2H3,(H,20,24). The molecule has 2 saturated heterocycles. The number of rotatable bonds is 4. The fourth-order valence-corrected chi connectivity index (χ4v) is 3.80. The summed E-state index contributed by atoms with van der Waals surface area (Å²) in [6.45, 7) is 3.84. The summed E-state index contributed by atoms with van der Waals surface area (Å²) in [7, 11) is 3.78. The van der Waals surface area contributed by atoms with Gasteiger partial charge >= 0.3 is 0 Å². The molecule has 0 aromatic carbocycles. The highest BCUT2D eigenvalue weighted by Crippen LogP contribution is 2.24. The van der Waals surface area contributed by atoms with Gasteiger partial charge in [0.05, 0.1) is 11.9 Å². The number of nitrogens with one attached hydrogen (secondary N) is 1. The Bertz CT molecular complexity index is 651. The quantitative estimate of drug-likeness (QED) is 0.864. The number of amides is 1. The molecule has 7 heteroatoms. The van der Waals surface area contributed by atoms with E-state index in [0.717, 1.165) is 57.5 Å². The van der Waals surface area contributed by atoms with E-state index in [2.05, 4.69) is 27.3 Å². The van der Waals surface area contributed by atoms with Crippen molar-refractivity contribution in [1.29, 1.82) is 0 Å². The van der Waals surface area contributed by atoms with Crippen LogP contribution in [0, 0.1) is 5.92 Å². The summed E-state index contributed by atoms with van der Waals surface area (Å²) in [5, 5.41) is 7.31. The lowest BCUT2D eigenvalue weighted by atomic mass is 9.93. The van der Waals surface area contributed by atoms with E-state index in [4.69, 9.17) is 0 Å². The van der Waals surface area contributed by atoms with Crippen molar-refractivity contribution in [2.24, 2.45) is 13.0 Å². The molecule has 0 bridgehead atoms. The molecule has 0 radical (unpaired) electrons. The van der Waals surface area contributed by atoms with Gasteiger partial charge < -0.3 is 15.1 Å². The summed E-state index contributed by atoms with van der Waals surface area (Å²) in [5.74, 6) is 0.507. The van der Waals surface area contributed by atoms with Crippen molar-refractivity contribution in [3.8, 4) is 0 Å². The summed E-state index contributed by atoms with van der Waals surface area (Å²) in [6.07, 6.45) is 6.50. The summed E-state index contributed by atoms with van der Waals surface area (Å²) in [4.78, 5) is 28.7. The largest absolute Gasteiger partial charge is 0.370 e. The molecule has 1 aromatic rings. The number of aromatic nitrogens is 2. The maximum Gasteiger partial charge on any atom is 0.268 e. The minimum Gasteiger partial charge on any atom is -0.370 e. The second-order valence-corrected chi connectivity index (χ2v) is 7.48. The minimum absolute atomic E-state index is 0.0976. The highest BCUT2D eigenvalue weighted by Gasteiger charge is 2.25. The first kappa shape index (κ1) is 17.9. The van der Waals surface area contributed by atoms with Crippen molar-refractivity contribution >= 4 is 11.6 Å². The van der Waals surface area contributed by atoms with Crippen molar-refractivity contribution < 1.29 is 4.79 Å². The molecule has 0 saturated carbocycles. The normalized spacial score (nSPS) is 22.8. The van der Waals surface area contributed by atoms with Crippen LogP contribution in [0.1, 0.15) is 32.1 Å². The maximum absolute atomic E-state index is 12.4. The number of anilines is 1. The van der Waals surface area contributed by atoms with E-state index < -0.39 is 0 Å². The van der Waals surface area contributed by atoms with Crippen molar-refractivity contribution in [3.05, 3.63) is 22.6 Å². The van der Waals surface area contributed by atoms with Gasteiger partial charge in [-0.3, -0.25) is 9.59 Å². The first-order valence-electron chi connectivity index (χ1n) is 9.27. The first-order valence-corrected chi connectivity index (χ1v) is 9.27. The molecule has 1 unspecified atom stereocenters. The number of carbonyl (C=O) groups excluding carboxylic acids is 1. The van der Waals surface area contributed by atoms with Crippen LogP contribution in [0.25, 0.3) is 0 Å². The fraction of sp³-hybridized carbons (Fsp3) is 0.722. The second kappa shape index (κ2) is 7.99. The smallest absolute Gasteiger partial charge is 0.268 e. The van der Waals surface area contributed by atoms with Crippen LogP contribution in [0.4, 0.5) is 5.69 Å². The average Bonchev–Trinajstić information content (AvgIpc) is 2.59. The molecule has 7 nitrogen and oxygen atoms in total.